The number of nitrogens with zero attached hydrogens (tertiary/aromatic N) is 2. The highest BCUT2D eigenvalue weighted by Gasteiger charge is 2.35. The van der Waals surface area contributed by atoms with Gasteiger partial charge in [-0.3, -0.25) is 14.2 Å². The average molecular weight is 426 g/mol. The first-order chi connectivity index (χ1) is 13.7. The first-order valence-electron chi connectivity index (χ1n) is 9.35. The van der Waals surface area contributed by atoms with E-state index in [9.17, 15) is 22.8 Å². The van der Waals surface area contributed by atoms with Crippen LogP contribution in [0.5, 0.6) is 0 Å². The van der Waals surface area contributed by atoms with Gasteiger partial charge in [0.15, 0.2) is 0 Å². The van der Waals surface area contributed by atoms with Crippen LogP contribution in [0, 0.1) is 5.92 Å². The van der Waals surface area contributed by atoms with E-state index in [0.29, 0.717) is 5.92 Å². The zero-order valence-corrected chi connectivity index (χ0v) is 16.1. The molecule has 5 nitrogen and oxygen atoms in total. The third-order valence-corrected chi connectivity index (χ3v) is 6.01. The molecule has 1 atom stereocenters. The Labute approximate surface area is 170 Å². The summed E-state index contributed by atoms with van der Waals surface area (Å²) in [6, 6.07) is 5.81. The van der Waals surface area contributed by atoms with Gasteiger partial charge in [0.2, 0.25) is 0 Å². The monoisotopic (exact) mass is 425 g/mol. The van der Waals surface area contributed by atoms with Gasteiger partial charge in [-0.25, -0.2) is 0 Å². The number of nitrogens with one attached hydrogen (secondary N) is 1. The number of pyridine rings is 1. The van der Waals surface area contributed by atoms with Gasteiger partial charge in [0.05, 0.1) is 16.1 Å². The molecule has 1 aromatic carbocycles. The van der Waals surface area contributed by atoms with E-state index in [1.54, 1.807) is 0 Å². The van der Waals surface area contributed by atoms with Gasteiger partial charge in [-0.05, 0) is 56.1 Å². The lowest BCUT2D eigenvalue weighted by atomic mass is 9.84. The summed E-state index contributed by atoms with van der Waals surface area (Å²) < 4.78 is 40.5. The van der Waals surface area contributed by atoms with E-state index in [1.807, 2.05) is 0 Å². The van der Waals surface area contributed by atoms with Crippen molar-refractivity contribution in [3.63, 3.8) is 0 Å². The van der Waals surface area contributed by atoms with Crippen molar-refractivity contribution in [1.29, 1.82) is 0 Å². The van der Waals surface area contributed by atoms with Crippen LogP contribution in [0.1, 0.15) is 28.8 Å². The van der Waals surface area contributed by atoms with Crippen LogP contribution in [0.2, 0.25) is 5.02 Å². The summed E-state index contributed by atoms with van der Waals surface area (Å²) in [6.45, 7) is 2.88. The van der Waals surface area contributed by atoms with E-state index in [0.717, 1.165) is 49.2 Å². The summed E-state index contributed by atoms with van der Waals surface area (Å²) in [5, 5.41) is 2.56. The number of hydrogen-bond acceptors (Lipinski definition) is 3. The zero-order chi connectivity index (χ0) is 20.8. The number of piperidine rings is 3. The van der Waals surface area contributed by atoms with Crippen LogP contribution in [-0.4, -0.2) is 41.1 Å². The summed E-state index contributed by atoms with van der Waals surface area (Å²) >= 11 is 5.65. The van der Waals surface area contributed by atoms with Gasteiger partial charge >= 0.3 is 6.18 Å². The number of fused-ring (bicyclic) bond motifs is 3. The fourth-order valence-electron chi connectivity index (χ4n) is 4.08. The van der Waals surface area contributed by atoms with E-state index in [-0.39, 0.29) is 23.2 Å². The molecular formula is C20H19ClF3N3O2. The number of hydrogen-bond donors (Lipinski definition) is 1. The lowest BCUT2D eigenvalue weighted by molar-refractivity contribution is -0.137. The summed E-state index contributed by atoms with van der Waals surface area (Å²) in [7, 11) is 0. The highest BCUT2D eigenvalue weighted by Crippen LogP contribution is 2.35. The molecule has 0 spiro atoms. The topological polar surface area (TPSA) is 54.3 Å². The van der Waals surface area contributed by atoms with E-state index >= 15 is 0 Å². The Morgan fingerprint density at radius 1 is 1.14 bits per heavy atom. The lowest BCUT2D eigenvalue weighted by Crippen LogP contribution is -2.57. The van der Waals surface area contributed by atoms with Crippen molar-refractivity contribution in [2.75, 3.05) is 19.6 Å². The molecule has 2 aromatic rings. The quantitative estimate of drug-likeness (QED) is 0.820. The van der Waals surface area contributed by atoms with Crippen LogP contribution in [0.25, 0.3) is 5.69 Å². The van der Waals surface area contributed by atoms with Crippen LogP contribution >= 0.6 is 11.6 Å². The van der Waals surface area contributed by atoms with Crippen molar-refractivity contribution < 1.29 is 18.0 Å². The largest absolute Gasteiger partial charge is 0.417 e. The van der Waals surface area contributed by atoms with Crippen LogP contribution in [0.4, 0.5) is 13.2 Å². The summed E-state index contributed by atoms with van der Waals surface area (Å²) in [4.78, 5) is 27.3. The molecule has 1 N–H and O–H groups in total. The van der Waals surface area contributed by atoms with Gasteiger partial charge in [0, 0.05) is 30.5 Å². The lowest BCUT2D eigenvalue weighted by Gasteiger charge is -2.44. The minimum Gasteiger partial charge on any atom is -0.348 e. The van der Waals surface area contributed by atoms with Crippen LogP contribution < -0.4 is 10.9 Å². The van der Waals surface area contributed by atoms with Gasteiger partial charge in [0.25, 0.3) is 11.5 Å². The van der Waals surface area contributed by atoms with Gasteiger partial charge in [-0.1, -0.05) is 11.6 Å². The number of halogens is 4. The number of alkyl halides is 3. The fourth-order valence-corrected chi connectivity index (χ4v) is 4.31. The van der Waals surface area contributed by atoms with Gasteiger partial charge < -0.3 is 10.2 Å². The van der Waals surface area contributed by atoms with Crippen molar-refractivity contribution >= 4 is 17.5 Å². The van der Waals surface area contributed by atoms with E-state index in [1.165, 1.54) is 24.4 Å². The maximum Gasteiger partial charge on any atom is 0.417 e. The number of benzene rings is 1. The molecule has 9 heteroatoms. The third kappa shape index (κ3) is 4.04. The molecule has 3 saturated heterocycles. The molecular weight excluding hydrogens is 407 g/mol. The maximum absolute atomic E-state index is 13.1. The second-order valence-electron chi connectivity index (χ2n) is 7.51. The summed E-state index contributed by atoms with van der Waals surface area (Å²) in [6.07, 6.45) is -1.31. The molecule has 0 aliphatic carbocycles. The minimum atomic E-state index is -4.65. The maximum atomic E-state index is 13.1. The van der Waals surface area contributed by atoms with E-state index < -0.39 is 22.3 Å². The van der Waals surface area contributed by atoms with Crippen molar-refractivity contribution in [3.05, 3.63) is 63.0 Å². The van der Waals surface area contributed by atoms with Crippen LogP contribution in [0.15, 0.2) is 41.3 Å². The Balaban J connectivity index is 1.61. The van der Waals surface area contributed by atoms with Crippen LogP contribution in [-0.2, 0) is 6.18 Å². The number of rotatable bonds is 3. The first-order valence-corrected chi connectivity index (χ1v) is 9.73. The second kappa shape index (κ2) is 7.50. The normalized spacial score (nSPS) is 23.8. The average Bonchev–Trinajstić information content (AvgIpc) is 2.69. The predicted octanol–water partition coefficient (Wildman–Crippen LogP) is 3.33. The zero-order valence-electron chi connectivity index (χ0n) is 15.4. The second-order valence-corrected chi connectivity index (χ2v) is 7.91. The number of carbonyl (C=O) groups excluding carboxylic acids is 1. The summed E-state index contributed by atoms with van der Waals surface area (Å²) in [5.74, 6) is 0.0861. The molecule has 0 radical (unpaired) electrons. The molecule has 4 heterocycles. The molecule has 0 saturated carbocycles. The van der Waals surface area contributed by atoms with Crippen molar-refractivity contribution in [3.8, 4) is 5.69 Å². The fraction of sp³-hybridized carbons (Fsp3) is 0.400. The molecule has 1 unspecified atom stereocenters. The SMILES string of the molecule is O=C(NC1CN2CCC1CC2)c1ccc(=O)n(-c2ccc(Cl)c(C(F)(F)F)c2)c1. The van der Waals surface area contributed by atoms with Gasteiger partial charge in [-0.2, -0.15) is 13.2 Å². The van der Waals surface area contributed by atoms with Crippen LogP contribution in [0.3, 0.4) is 0 Å². The van der Waals surface area contributed by atoms with E-state index in [4.69, 9.17) is 11.6 Å². The molecule has 3 aliphatic heterocycles. The van der Waals surface area contributed by atoms with Crippen molar-refractivity contribution in [1.82, 2.24) is 14.8 Å². The van der Waals surface area contributed by atoms with Crippen molar-refractivity contribution in [2.24, 2.45) is 5.92 Å². The molecule has 2 bridgehead atoms. The Morgan fingerprint density at radius 3 is 2.48 bits per heavy atom. The molecule has 3 aliphatic rings. The first kappa shape index (κ1) is 20.0. The summed E-state index contributed by atoms with van der Waals surface area (Å²) in [5.41, 5.74) is -1.38. The smallest absolute Gasteiger partial charge is 0.348 e. The standard InChI is InChI=1S/C20H19ClF3N3O2/c21-16-3-2-14(9-15(16)20(22,23)24)27-10-13(1-4-18(27)28)19(29)25-17-11-26-7-5-12(17)6-8-26/h1-4,9-10,12,17H,5-8,11H2,(H,25,29). The third-order valence-electron chi connectivity index (χ3n) is 5.68. The minimum absolute atomic E-state index is 0.00999. The van der Waals surface area contributed by atoms with Crippen molar-refractivity contribution in [2.45, 2.75) is 25.1 Å². The predicted molar refractivity (Wildman–Crippen MR) is 102 cm³/mol. The Hall–Kier alpha value is -2.32. The van der Waals surface area contributed by atoms with E-state index in [2.05, 4.69) is 10.2 Å². The molecule has 1 aromatic heterocycles. The van der Waals surface area contributed by atoms with Gasteiger partial charge in [0.1, 0.15) is 0 Å². The molecule has 1 amide bonds. The Kier molecular flexibility index (Phi) is 5.16. The number of amides is 1. The number of carbonyl (C=O) groups is 1. The Bertz CT molecular complexity index is 997. The molecule has 29 heavy (non-hydrogen) atoms. The molecule has 5 rings (SSSR count). The molecule has 3 fully saturated rings. The van der Waals surface area contributed by atoms with Gasteiger partial charge in [-0.15, -0.1) is 0 Å². The number of aromatic nitrogens is 1. The molecule has 154 valence electrons. The highest BCUT2D eigenvalue weighted by molar-refractivity contribution is 6.31. The Morgan fingerprint density at radius 2 is 1.86 bits per heavy atom. The highest BCUT2D eigenvalue weighted by atomic mass is 35.5.